The Balaban J connectivity index is 1.34. The van der Waals surface area contributed by atoms with Crippen molar-refractivity contribution in [3.8, 4) is 17.1 Å². The molecule has 47 heavy (non-hydrogen) atoms. The summed E-state index contributed by atoms with van der Waals surface area (Å²) >= 11 is 0. The van der Waals surface area contributed by atoms with Crippen molar-refractivity contribution < 1.29 is 8.83 Å². The van der Waals surface area contributed by atoms with E-state index in [4.69, 9.17) is 18.8 Å². The van der Waals surface area contributed by atoms with Crippen LogP contribution in [0.3, 0.4) is 0 Å². The van der Waals surface area contributed by atoms with Crippen LogP contribution < -0.4 is 0 Å². The Kier molecular flexibility index (Phi) is 4.78. The zero-order valence-corrected chi connectivity index (χ0v) is 24.9. The average Bonchev–Trinajstić information content (AvgIpc) is 3.79. The number of aromatic nitrogens is 3. The molecule has 5 nitrogen and oxygen atoms in total. The summed E-state index contributed by atoms with van der Waals surface area (Å²) in [6.45, 7) is 0. The number of fused-ring (bicyclic) bond motifs is 12. The van der Waals surface area contributed by atoms with Crippen molar-refractivity contribution in [3.05, 3.63) is 140 Å². The first-order valence-corrected chi connectivity index (χ1v) is 15.8. The summed E-state index contributed by atoms with van der Waals surface area (Å²) in [7, 11) is 0. The van der Waals surface area contributed by atoms with Gasteiger partial charge >= 0.3 is 0 Å². The molecule has 0 amide bonds. The lowest BCUT2D eigenvalue weighted by Gasteiger charge is -2.14. The SMILES string of the molecule is c1ccc2c(c1)ccc1c2c2cc3c(cc2n1-c1nc2ccccc2nc1-c1cccc2c1oc1ccccc12)oc1ccccc13. The van der Waals surface area contributed by atoms with Crippen LogP contribution in [-0.2, 0) is 0 Å². The number of furan rings is 2. The summed E-state index contributed by atoms with van der Waals surface area (Å²) in [5.41, 5.74) is 8.71. The predicted molar refractivity (Wildman–Crippen MR) is 191 cm³/mol. The zero-order chi connectivity index (χ0) is 30.6. The maximum absolute atomic E-state index is 6.55. The first-order chi connectivity index (χ1) is 23.3. The van der Waals surface area contributed by atoms with Gasteiger partial charge in [0.05, 0.1) is 22.1 Å². The Labute approximate surface area is 266 Å². The third kappa shape index (κ3) is 3.37. The summed E-state index contributed by atoms with van der Waals surface area (Å²) in [6, 6.07) is 48.2. The van der Waals surface area contributed by atoms with Gasteiger partial charge in [0, 0.05) is 43.9 Å². The van der Waals surface area contributed by atoms with E-state index in [9.17, 15) is 0 Å². The topological polar surface area (TPSA) is 57.0 Å². The molecule has 0 saturated carbocycles. The molecular formula is C42H23N3O2. The van der Waals surface area contributed by atoms with Crippen molar-refractivity contribution in [2.45, 2.75) is 0 Å². The van der Waals surface area contributed by atoms with E-state index in [1.807, 2.05) is 54.6 Å². The van der Waals surface area contributed by atoms with E-state index in [-0.39, 0.29) is 0 Å². The fraction of sp³-hybridized carbons (Fsp3) is 0. The van der Waals surface area contributed by atoms with Gasteiger partial charge in [-0.3, -0.25) is 4.57 Å². The van der Waals surface area contributed by atoms with Gasteiger partial charge in [0.1, 0.15) is 28.0 Å². The Hall–Kier alpha value is -6.46. The average molecular weight is 602 g/mol. The van der Waals surface area contributed by atoms with Crippen molar-refractivity contribution in [2.75, 3.05) is 0 Å². The number of benzene rings is 7. The fourth-order valence-electron chi connectivity index (χ4n) is 7.49. The molecule has 0 atom stereocenters. The predicted octanol–water partition coefficient (Wildman–Crippen LogP) is 11.3. The van der Waals surface area contributed by atoms with E-state index < -0.39 is 0 Å². The molecule has 0 N–H and O–H groups in total. The van der Waals surface area contributed by atoms with Crippen LogP contribution in [0.2, 0.25) is 0 Å². The molecule has 11 aromatic rings. The molecule has 7 aromatic carbocycles. The van der Waals surface area contributed by atoms with Gasteiger partial charge in [-0.25, -0.2) is 9.97 Å². The van der Waals surface area contributed by atoms with E-state index in [0.29, 0.717) is 0 Å². The van der Waals surface area contributed by atoms with E-state index in [0.717, 1.165) is 88.4 Å². The molecule has 5 heteroatoms. The molecule has 0 aliphatic carbocycles. The molecule has 0 spiro atoms. The van der Waals surface area contributed by atoms with Gasteiger partial charge in [-0.05, 0) is 53.2 Å². The van der Waals surface area contributed by atoms with E-state index in [2.05, 4.69) is 89.5 Å². The highest BCUT2D eigenvalue weighted by Crippen LogP contribution is 2.43. The maximum atomic E-state index is 6.55. The summed E-state index contributed by atoms with van der Waals surface area (Å²) < 4.78 is 15.3. The summed E-state index contributed by atoms with van der Waals surface area (Å²) in [4.78, 5) is 10.7. The molecule has 0 fully saturated rings. The minimum absolute atomic E-state index is 0.738. The first-order valence-electron chi connectivity index (χ1n) is 15.8. The smallest absolute Gasteiger partial charge is 0.165 e. The van der Waals surface area contributed by atoms with Crippen LogP contribution in [0.4, 0.5) is 0 Å². The standard InChI is InChI=1S/C42H23N3O2/c1-2-11-25-24(10-1)20-21-34-39(25)31-22-30-27-13-4-7-18-36(27)46-38(30)23-35(31)45(34)42-40(43-32-16-5-6-17-33(32)44-42)29-15-9-14-28-26-12-3-8-19-37(26)47-41(28)29/h1-23H. The highest BCUT2D eigenvalue weighted by atomic mass is 16.3. The normalized spacial score (nSPS) is 12.3. The van der Waals surface area contributed by atoms with Gasteiger partial charge in [0.2, 0.25) is 0 Å². The van der Waals surface area contributed by atoms with Crippen LogP contribution in [0.5, 0.6) is 0 Å². The second kappa shape index (κ2) is 9.05. The molecule has 0 unspecified atom stereocenters. The van der Waals surface area contributed by atoms with Gasteiger partial charge in [0.25, 0.3) is 0 Å². The third-order valence-corrected chi connectivity index (χ3v) is 9.58. The molecule has 0 saturated heterocycles. The molecule has 0 bridgehead atoms. The Morgan fingerprint density at radius 1 is 0.447 bits per heavy atom. The number of nitrogens with zero attached hydrogens (tertiary/aromatic N) is 3. The second-order valence-electron chi connectivity index (χ2n) is 12.1. The number of rotatable bonds is 2. The zero-order valence-electron chi connectivity index (χ0n) is 24.9. The molecule has 0 radical (unpaired) electrons. The number of hydrogen-bond acceptors (Lipinski definition) is 4. The summed E-state index contributed by atoms with van der Waals surface area (Å²) in [5, 5.41) is 9.02. The molecule has 0 aliphatic rings. The lowest BCUT2D eigenvalue weighted by atomic mass is 10.0. The highest BCUT2D eigenvalue weighted by Gasteiger charge is 2.24. The van der Waals surface area contributed by atoms with Crippen LogP contribution in [0.25, 0.3) is 105 Å². The Morgan fingerprint density at radius 3 is 1.98 bits per heavy atom. The quantitative estimate of drug-likeness (QED) is 0.198. The van der Waals surface area contributed by atoms with Crippen LogP contribution in [0.15, 0.2) is 148 Å². The Morgan fingerprint density at radius 2 is 1.13 bits per heavy atom. The van der Waals surface area contributed by atoms with E-state index in [1.54, 1.807) is 0 Å². The van der Waals surface area contributed by atoms with E-state index in [1.165, 1.54) is 16.2 Å². The molecular weight excluding hydrogens is 578 g/mol. The minimum Gasteiger partial charge on any atom is -0.456 e. The second-order valence-corrected chi connectivity index (χ2v) is 12.1. The lowest BCUT2D eigenvalue weighted by molar-refractivity contribution is 0.669. The largest absolute Gasteiger partial charge is 0.456 e. The van der Waals surface area contributed by atoms with Crippen molar-refractivity contribution in [3.63, 3.8) is 0 Å². The van der Waals surface area contributed by atoms with Gasteiger partial charge in [-0.15, -0.1) is 0 Å². The molecule has 0 aliphatic heterocycles. The van der Waals surface area contributed by atoms with Gasteiger partial charge in [-0.2, -0.15) is 0 Å². The van der Waals surface area contributed by atoms with Crippen molar-refractivity contribution in [1.29, 1.82) is 0 Å². The van der Waals surface area contributed by atoms with Crippen LogP contribution in [-0.4, -0.2) is 14.5 Å². The lowest BCUT2D eigenvalue weighted by Crippen LogP contribution is -2.04. The van der Waals surface area contributed by atoms with Gasteiger partial charge in [0.15, 0.2) is 5.82 Å². The van der Waals surface area contributed by atoms with Crippen molar-refractivity contribution in [1.82, 2.24) is 14.5 Å². The maximum Gasteiger partial charge on any atom is 0.165 e. The number of para-hydroxylation sites is 5. The molecule has 218 valence electrons. The van der Waals surface area contributed by atoms with Crippen molar-refractivity contribution >= 4 is 87.5 Å². The third-order valence-electron chi connectivity index (χ3n) is 9.58. The summed E-state index contributed by atoms with van der Waals surface area (Å²) in [5.74, 6) is 0.738. The van der Waals surface area contributed by atoms with Crippen LogP contribution in [0, 0.1) is 0 Å². The van der Waals surface area contributed by atoms with Crippen molar-refractivity contribution in [2.24, 2.45) is 0 Å². The summed E-state index contributed by atoms with van der Waals surface area (Å²) in [6.07, 6.45) is 0. The minimum atomic E-state index is 0.738. The molecule has 4 heterocycles. The Bertz CT molecular complexity index is 3090. The van der Waals surface area contributed by atoms with Crippen LogP contribution in [0.1, 0.15) is 0 Å². The monoisotopic (exact) mass is 601 g/mol. The molecule has 4 aromatic heterocycles. The van der Waals surface area contributed by atoms with Crippen LogP contribution >= 0.6 is 0 Å². The highest BCUT2D eigenvalue weighted by molar-refractivity contribution is 6.25. The first kappa shape index (κ1) is 24.8. The molecule has 11 rings (SSSR count). The van der Waals surface area contributed by atoms with E-state index >= 15 is 0 Å². The van der Waals surface area contributed by atoms with Gasteiger partial charge in [-0.1, -0.05) is 91.0 Å². The van der Waals surface area contributed by atoms with Gasteiger partial charge < -0.3 is 8.83 Å². The number of hydrogen-bond donors (Lipinski definition) is 0. The fourth-order valence-corrected chi connectivity index (χ4v) is 7.49.